The van der Waals surface area contributed by atoms with Gasteiger partial charge in [-0.05, 0) is 31.0 Å². The molecule has 1 aromatic carbocycles. The molecule has 2 heterocycles. The summed E-state index contributed by atoms with van der Waals surface area (Å²) in [7, 11) is 1.83. The summed E-state index contributed by atoms with van der Waals surface area (Å²) in [4.78, 5) is 14.1. The molecule has 0 bridgehead atoms. The highest BCUT2D eigenvalue weighted by atomic mass is 32.1. The van der Waals surface area contributed by atoms with E-state index in [2.05, 4.69) is 10.4 Å². The van der Waals surface area contributed by atoms with Crippen molar-refractivity contribution in [3.05, 3.63) is 41.0 Å². The summed E-state index contributed by atoms with van der Waals surface area (Å²) < 4.78 is 15.9. The zero-order valence-corrected chi connectivity index (χ0v) is 14.9. The number of halogens is 1. The van der Waals surface area contributed by atoms with Gasteiger partial charge in [0.05, 0.1) is 4.88 Å². The molecule has 0 aliphatic heterocycles. The van der Waals surface area contributed by atoms with Gasteiger partial charge in [0.15, 0.2) is 0 Å². The Hall–Kier alpha value is -2.21. The van der Waals surface area contributed by atoms with Gasteiger partial charge in [0, 0.05) is 24.0 Å². The van der Waals surface area contributed by atoms with Crippen molar-refractivity contribution >= 4 is 27.5 Å². The van der Waals surface area contributed by atoms with Crippen molar-refractivity contribution in [2.24, 2.45) is 7.05 Å². The first-order valence-electron chi connectivity index (χ1n) is 8.66. The molecule has 3 aromatic rings. The molecule has 1 amide bonds. The average molecular weight is 357 g/mol. The molecular weight excluding hydrogens is 337 g/mol. The summed E-state index contributed by atoms with van der Waals surface area (Å²) in [6.07, 6.45) is 5.72. The normalized spacial score (nSPS) is 15.6. The Balaban J connectivity index is 1.67. The first kappa shape index (κ1) is 16.3. The highest BCUT2D eigenvalue weighted by Crippen LogP contribution is 2.34. The summed E-state index contributed by atoms with van der Waals surface area (Å²) in [6, 6.07) is 8.72. The molecule has 1 aliphatic rings. The number of benzene rings is 1. The molecular formula is C19H20FN3OS. The van der Waals surface area contributed by atoms with Crippen molar-refractivity contribution in [2.75, 3.05) is 0 Å². The Morgan fingerprint density at radius 1 is 1.28 bits per heavy atom. The Bertz CT molecular complexity index is 924. The van der Waals surface area contributed by atoms with Gasteiger partial charge in [-0.1, -0.05) is 31.4 Å². The van der Waals surface area contributed by atoms with Crippen LogP contribution in [0.2, 0.25) is 0 Å². The average Bonchev–Trinajstić information content (AvgIpc) is 3.17. The third-order valence-electron chi connectivity index (χ3n) is 4.80. The molecule has 1 N–H and O–H groups in total. The summed E-state index contributed by atoms with van der Waals surface area (Å²) in [5.74, 6) is -0.338. The van der Waals surface area contributed by atoms with Crippen molar-refractivity contribution in [1.82, 2.24) is 15.1 Å². The highest BCUT2D eigenvalue weighted by molar-refractivity contribution is 7.20. The number of carbonyl (C=O) groups is 1. The molecule has 0 unspecified atom stereocenters. The van der Waals surface area contributed by atoms with Crippen LogP contribution >= 0.6 is 11.3 Å². The third kappa shape index (κ3) is 3.06. The zero-order chi connectivity index (χ0) is 17.4. The fraction of sp³-hybridized carbons (Fsp3) is 0.368. The van der Waals surface area contributed by atoms with E-state index in [4.69, 9.17) is 0 Å². The number of nitrogens with one attached hydrogen (secondary N) is 1. The van der Waals surface area contributed by atoms with E-state index in [0.29, 0.717) is 16.1 Å². The predicted molar refractivity (Wildman–Crippen MR) is 98.3 cm³/mol. The van der Waals surface area contributed by atoms with Crippen LogP contribution in [0.5, 0.6) is 0 Å². The molecule has 130 valence electrons. The fourth-order valence-electron chi connectivity index (χ4n) is 3.51. The molecule has 0 spiro atoms. The molecule has 0 saturated heterocycles. The monoisotopic (exact) mass is 357 g/mol. The zero-order valence-electron chi connectivity index (χ0n) is 14.1. The second-order valence-electron chi connectivity index (χ2n) is 6.59. The van der Waals surface area contributed by atoms with Gasteiger partial charge in [-0.25, -0.2) is 4.39 Å². The van der Waals surface area contributed by atoms with Crippen LogP contribution in [0.15, 0.2) is 30.3 Å². The third-order valence-corrected chi connectivity index (χ3v) is 6.01. The van der Waals surface area contributed by atoms with Gasteiger partial charge in [-0.2, -0.15) is 5.10 Å². The number of aryl methyl sites for hydroxylation is 1. The van der Waals surface area contributed by atoms with Crippen LogP contribution in [-0.4, -0.2) is 21.7 Å². The van der Waals surface area contributed by atoms with Crippen LogP contribution < -0.4 is 5.32 Å². The quantitative estimate of drug-likeness (QED) is 0.750. The fourth-order valence-corrected chi connectivity index (χ4v) is 4.48. The largest absolute Gasteiger partial charge is 0.349 e. The molecule has 2 aromatic heterocycles. The predicted octanol–water partition coefficient (Wildman–Crippen LogP) is 4.50. The lowest BCUT2D eigenvalue weighted by Gasteiger charge is -2.22. The van der Waals surface area contributed by atoms with Crippen LogP contribution in [0.1, 0.15) is 41.8 Å². The van der Waals surface area contributed by atoms with E-state index in [0.717, 1.165) is 23.1 Å². The maximum Gasteiger partial charge on any atom is 0.261 e. The minimum absolute atomic E-state index is 0.0346. The standard InChI is InChI=1S/C19H20FN3OS/c1-23-19-14(17(22-23)13-9-5-6-10-15(13)20)11-16(25-19)18(24)21-12-7-3-2-4-8-12/h5-6,9-12H,2-4,7-8H2,1H3,(H,21,24). The van der Waals surface area contributed by atoms with E-state index < -0.39 is 0 Å². The molecule has 1 saturated carbocycles. The van der Waals surface area contributed by atoms with Gasteiger partial charge in [0.25, 0.3) is 5.91 Å². The SMILES string of the molecule is Cn1nc(-c2ccccc2F)c2cc(C(=O)NC3CCCCC3)sc21. The van der Waals surface area contributed by atoms with E-state index in [-0.39, 0.29) is 17.8 Å². The summed E-state index contributed by atoms with van der Waals surface area (Å²) >= 11 is 1.41. The van der Waals surface area contributed by atoms with Crippen molar-refractivity contribution in [3.8, 4) is 11.3 Å². The Morgan fingerprint density at radius 3 is 2.80 bits per heavy atom. The van der Waals surface area contributed by atoms with E-state index >= 15 is 0 Å². The van der Waals surface area contributed by atoms with Crippen LogP contribution in [-0.2, 0) is 7.05 Å². The van der Waals surface area contributed by atoms with Crippen LogP contribution in [0.4, 0.5) is 4.39 Å². The molecule has 4 rings (SSSR count). The Morgan fingerprint density at radius 2 is 2.04 bits per heavy atom. The van der Waals surface area contributed by atoms with E-state index in [1.165, 1.54) is 36.7 Å². The second kappa shape index (κ2) is 6.59. The van der Waals surface area contributed by atoms with Gasteiger partial charge in [0.2, 0.25) is 0 Å². The van der Waals surface area contributed by atoms with Gasteiger partial charge >= 0.3 is 0 Å². The Kier molecular flexibility index (Phi) is 4.29. The smallest absolute Gasteiger partial charge is 0.261 e. The van der Waals surface area contributed by atoms with Crippen LogP contribution in [0.25, 0.3) is 21.5 Å². The minimum atomic E-state index is -0.304. The first-order chi connectivity index (χ1) is 12.1. The minimum Gasteiger partial charge on any atom is -0.349 e. The van der Waals surface area contributed by atoms with Crippen LogP contribution in [0.3, 0.4) is 0 Å². The van der Waals surface area contributed by atoms with Crippen LogP contribution in [0, 0.1) is 5.82 Å². The number of amides is 1. The van der Waals surface area contributed by atoms with E-state index in [1.807, 2.05) is 13.1 Å². The van der Waals surface area contributed by atoms with Crippen molar-refractivity contribution in [1.29, 1.82) is 0 Å². The maximum absolute atomic E-state index is 14.2. The summed E-state index contributed by atoms with van der Waals surface area (Å²) in [5, 5.41) is 8.42. The molecule has 1 fully saturated rings. The lowest BCUT2D eigenvalue weighted by molar-refractivity contribution is 0.0932. The number of carbonyl (C=O) groups excluding carboxylic acids is 1. The molecule has 1 aliphatic carbocycles. The summed E-state index contributed by atoms with van der Waals surface area (Å²) in [6.45, 7) is 0. The number of aromatic nitrogens is 2. The topological polar surface area (TPSA) is 46.9 Å². The number of hydrogen-bond acceptors (Lipinski definition) is 3. The van der Waals surface area contributed by atoms with Gasteiger partial charge < -0.3 is 5.32 Å². The van der Waals surface area contributed by atoms with Crippen molar-refractivity contribution < 1.29 is 9.18 Å². The van der Waals surface area contributed by atoms with E-state index in [1.54, 1.807) is 22.9 Å². The van der Waals surface area contributed by atoms with Gasteiger partial charge in [-0.15, -0.1) is 11.3 Å². The molecule has 0 radical (unpaired) electrons. The van der Waals surface area contributed by atoms with Gasteiger partial charge in [0.1, 0.15) is 16.3 Å². The summed E-state index contributed by atoms with van der Waals surface area (Å²) in [5.41, 5.74) is 1.05. The molecule has 25 heavy (non-hydrogen) atoms. The molecule has 4 nitrogen and oxygen atoms in total. The number of rotatable bonds is 3. The first-order valence-corrected chi connectivity index (χ1v) is 9.47. The van der Waals surface area contributed by atoms with E-state index in [9.17, 15) is 9.18 Å². The highest BCUT2D eigenvalue weighted by Gasteiger charge is 2.21. The van der Waals surface area contributed by atoms with Crippen molar-refractivity contribution in [3.63, 3.8) is 0 Å². The molecule has 6 heteroatoms. The number of hydrogen-bond donors (Lipinski definition) is 1. The number of fused-ring (bicyclic) bond motifs is 1. The second-order valence-corrected chi connectivity index (χ2v) is 7.62. The number of nitrogens with zero attached hydrogens (tertiary/aromatic N) is 2. The number of thiophene rings is 1. The lowest BCUT2D eigenvalue weighted by atomic mass is 9.95. The van der Waals surface area contributed by atoms with Gasteiger partial charge in [-0.3, -0.25) is 9.48 Å². The molecule has 0 atom stereocenters. The van der Waals surface area contributed by atoms with Crippen molar-refractivity contribution in [2.45, 2.75) is 38.1 Å². The lowest BCUT2D eigenvalue weighted by Crippen LogP contribution is -2.35. The maximum atomic E-state index is 14.2. The Labute approximate surface area is 149 Å².